The summed E-state index contributed by atoms with van der Waals surface area (Å²) >= 11 is 0. The average Bonchev–Trinajstić information content (AvgIpc) is 3.28. The van der Waals surface area contributed by atoms with Gasteiger partial charge in [-0.3, -0.25) is 0 Å². The van der Waals surface area contributed by atoms with Crippen LogP contribution in [0.2, 0.25) is 0 Å². The third kappa shape index (κ3) is 5.57. The lowest BCUT2D eigenvalue weighted by Crippen LogP contribution is -2.47. The molecule has 1 saturated heterocycles. The topological polar surface area (TPSA) is 61.7 Å². The molecule has 2 heterocycles. The zero-order valence-corrected chi connectivity index (χ0v) is 23.7. The summed E-state index contributed by atoms with van der Waals surface area (Å²) in [6.45, 7) is 11.0. The van der Waals surface area contributed by atoms with Crippen molar-refractivity contribution in [2.75, 3.05) is 44.2 Å². The number of anilines is 1. The molecule has 0 bridgehead atoms. The number of fused-ring (bicyclic) bond motifs is 1. The highest BCUT2D eigenvalue weighted by Crippen LogP contribution is 2.32. The van der Waals surface area contributed by atoms with Gasteiger partial charge < -0.3 is 9.80 Å². The van der Waals surface area contributed by atoms with Crippen molar-refractivity contribution < 1.29 is 12.8 Å². The normalized spacial score (nSPS) is 14.9. The second-order valence-electron chi connectivity index (χ2n) is 10.0. The number of aryl methyl sites for hydroxylation is 1. The zero-order chi connectivity index (χ0) is 27.6. The Morgan fingerprint density at radius 1 is 0.923 bits per heavy atom. The number of rotatable bonds is 9. The van der Waals surface area contributed by atoms with Gasteiger partial charge in [0.25, 0.3) is 0 Å². The number of aromatic nitrogens is 2. The number of hydrogen-bond acceptors (Lipinski definition) is 5. The van der Waals surface area contributed by atoms with Gasteiger partial charge in [0.2, 0.25) is 10.0 Å². The monoisotopic (exact) mass is 549 g/mol. The van der Waals surface area contributed by atoms with E-state index in [4.69, 9.17) is 5.10 Å². The highest BCUT2D eigenvalue weighted by molar-refractivity contribution is 7.89. The molecular weight excluding hydrogens is 513 g/mol. The number of nitrogens with zero attached hydrogens (tertiary/aromatic N) is 5. The van der Waals surface area contributed by atoms with E-state index >= 15 is 0 Å². The Hall–Kier alpha value is -3.27. The van der Waals surface area contributed by atoms with Crippen molar-refractivity contribution in [3.63, 3.8) is 0 Å². The van der Waals surface area contributed by atoms with E-state index in [9.17, 15) is 12.8 Å². The van der Waals surface area contributed by atoms with Crippen molar-refractivity contribution in [2.45, 2.75) is 38.6 Å². The zero-order valence-electron chi connectivity index (χ0n) is 22.8. The molecule has 5 rings (SSSR count). The molecule has 0 radical (unpaired) electrons. The summed E-state index contributed by atoms with van der Waals surface area (Å²) in [5.74, 6) is 0.499. The Morgan fingerprint density at radius 3 is 2.36 bits per heavy atom. The largest absolute Gasteiger partial charge is 0.354 e. The molecule has 1 aromatic heterocycles. The quantitative estimate of drug-likeness (QED) is 0.287. The van der Waals surface area contributed by atoms with E-state index < -0.39 is 10.0 Å². The van der Waals surface area contributed by atoms with E-state index in [0.29, 0.717) is 18.7 Å². The van der Waals surface area contributed by atoms with Gasteiger partial charge in [0.05, 0.1) is 16.3 Å². The summed E-state index contributed by atoms with van der Waals surface area (Å²) in [6, 6.07) is 19.5. The molecule has 206 valence electrons. The Labute approximate surface area is 230 Å². The first-order valence-electron chi connectivity index (χ1n) is 13.6. The average molecular weight is 550 g/mol. The van der Waals surface area contributed by atoms with Crippen molar-refractivity contribution >= 4 is 26.6 Å². The van der Waals surface area contributed by atoms with Gasteiger partial charge >= 0.3 is 0 Å². The summed E-state index contributed by atoms with van der Waals surface area (Å²) < 4.78 is 45.6. The van der Waals surface area contributed by atoms with E-state index in [1.54, 1.807) is 27.2 Å². The molecule has 0 aliphatic carbocycles. The Morgan fingerprint density at radius 2 is 1.67 bits per heavy atom. The summed E-state index contributed by atoms with van der Waals surface area (Å²) in [5.41, 5.74) is 2.21. The molecule has 1 aliphatic rings. The van der Waals surface area contributed by atoms with Gasteiger partial charge in [0.1, 0.15) is 11.6 Å². The molecule has 39 heavy (non-hydrogen) atoms. The number of halogens is 1. The fraction of sp³-hybridized carbons (Fsp3) is 0.367. The van der Waals surface area contributed by atoms with Gasteiger partial charge in [-0.2, -0.15) is 9.40 Å². The molecule has 1 aliphatic heterocycles. The van der Waals surface area contributed by atoms with Gasteiger partial charge in [-0.15, -0.1) is 0 Å². The van der Waals surface area contributed by atoms with Crippen molar-refractivity contribution in [1.82, 2.24) is 19.0 Å². The van der Waals surface area contributed by atoms with Crippen LogP contribution in [0.5, 0.6) is 0 Å². The van der Waals surface area contributed by atoms with Crippen LogP contribution in [0, 0.1) is 12.7 Å². The van der Waals surface area contributed by atoms with Crippen LogP contribution in [0.25, 0.3) is 16.5 Å². The van der Waals surface area contributed by atoms with Gasteiger partial charge in [-0.1, -0.05) is 50.2 Å². The molecule has 0 spiro atoms. The van der Waals surface area contributed by atoms with Gasteiger partial charge in [-0.05, 0) is 61.0 Å². The van der Waals surface area contributed by atoms with Gasteiger partial charge in [0.15, 0.2) is 0 Å². The van der Waals surface area contributed by atoms with E-state index in [1.165, 1.54) is 12.1 Å². The minimum atomic E-state index is -3.78. The molecule has 0 amide bonds. The first-order chi connectivity index (χ1) is 18.8. The van der Waals surface area contributed by atoms with E-state index in [2.05, 4.69) is 16.7 Å². The Bertz CT molecular complexity index is 1560. The summed E-state index contributed by atoms with van der Waals surface area (Å²) in [6.07, 6.45) is 0.675. The lowest BCUT2D eigenvalue weighted by molar-refractivity contribution is 0.269. The standard InChI is InChI=1S/C30H36FN5O2S/c1-4-15-35(39(37,38)28-14-13-24-9-6-7-10-25(24)20-28)22-29-23(3)32-36(27-12-8-11-26(31)21-27)30(29)34-18-16-33(5-2)17-19-34/h6-14,20-21H,4-5,15-19,22H2,1-3H3. The van der Waals surface area contributed by atoms with Crippen molar-refractivity contribution in [3.8, 4) is 5.69 Å². The van der Waals surface area contributed by atoms with E-state index in [-0.39, 0.29) is 17.3 Å². The SMILES string of the molecule is CCCN(Cc1c(C)nn(-c2cccc(F)c2)c1N1CCN(CC)CC1)S(=O)(=O)c1ccc2ccccc2c1. The van der Waals surface area contributed by atoms with Crippen LogP contribution in [0.15, 0.2) is 71.6 Å². The summed E-state index contributed by atoms with van der Waals surface area (Å²) in [5, 5.41) is 6.71. The fourth-order valence-electron chi connectivity index (χ4n) is 5.31. The first-order valence-corrected chi connectivity index (χ1v) is 15.1. The molecule has 1 fully saturated rings. The molecule has 0 saturated carbocycles. The lowest BCUT2D eigenvalue weighted by atomic mass is 10.1. The van der Waals surface area contributed by atoms with E-state index in [1.807, 2.05) is 50.2 Å². The van der Waals surface area contributed by atoms with Crippen LogP contribution in [0.1, 0.15) is 31.5 Å². The Balaban J connectivity index is 1.57. The highest BCUT2D eigenvalue weighted by Gasteiger charge is 2.30. The predicted molar refractivity (Wildman–Crippen MR) is 154 cm³/mol. The van der Waals surface area contributed by atoms with Gasteiger partial charge in [0, 0.05) is 44.8 Å². The van der Waals surface area contributed by atoms with Crippen molar-refractivity contribution in [3.05, 3.63) is 83.8 Å². The highest BCUT2D eigenvalue weighted by atomic mass is 32.2. The summed E-state index contributed by atoms with van der Waals surface area (Å²) in [7, 11) is -3.78. The first kappa shape index (κ1) is 27.3. The van der Waals surface area contributed by atoms with Crippen LogP contribution in [0.4, 0.5) is 10.2 Å². The van der Waals surface area contributed by atoms with Crippen molar-refractivity contribution in [2.24, 2.45) is 0 Å². The number of hydrogen-bond donors (Lipinski definition) is 0. The maximum atomic E-state index is 14.2. The van der Waals surface area contributed by atoms with Gasteiger partial charge in [-0.25, -0.2) is 17.5 Å². The van der Waals surface area contributed by atoms with E-state index in [0.717, 1.165) is 60.6 Å². The minimum Gasteiger partial charge on any atom is -0.354 e. The number of likely N-dealkylation sites (N-methyl/N-ethyl adjacent to an activating group) is 1. The maximum Gasteiger partial charge on any atom is 0.243 e. The van der Waals surface area contributed by atoms with Crippen LogP contribution in [0.3, 0.4) is 0 Å². The molecule has 4 aromatic rings. The number of benzene rings is 3. The minimum absolute atomic E-state index is 0.188. The van der Waals surface area contributed by atoms with Crippen LogP contribution in [-0.2, 0) is 16.6 Å². The molecule has 7 nitrogen and oxygen atoms in total. The second kappa shape index (κ2) is 11.5. The molecule has 3 aromatic carbocycles. The van der Waals surface area contributed by atoms with Crippen molar-refractivity contribution in [1.29, 1.82) is 0 Å². The van der Waals surface area contributed by atoms with Crippen LogP contribution >= 0.6 is 0 Å². The lowest BCUT2D eigenvalue weighted by Gasteiger charge is -2.36. The molecule has 9 heteroatoms. The van der Waals surface area contributed by atoms with Crippen LogP contribution in [-0.4, -0.2) is 66.7 Å². The fourth-order valence-corrected chi connectivity index (χ4v) is 6.84. The molecule has 0 N–H and O–H groups in total. The Kier molecular flexibility index (Phi) is 8.02. The number of sulfonamides is 1. The molecular formula is C30H36FN5O2S. The maximum absolute atomic E-state index is 14.2. The predicted octanol–water partition coefficient (Wildman–Crippen LogP) is 5.22. The smallest absolute Gasteiger partial charge is 0.243 e. The molecule has 0 unspecified atom stereocenters. The summed E-state index contributed by atoms with van der Waals surface area (Å²) in [4.78, 5) is 4.93. The third-order valence-electron chi connectivity index (χ3n) is 7.50. The number of piperazine rings is 1. The second-order valence-corrected chi connectivity index (χ2v) is 12.0. The molecule has 0 atom stereocenters. The van der Waals surface area contributed by atoms with Crippen LogP contribution < -0.4 is 4.90 Å². The third-order valence-corrected chi connectivity index (χ3v) is 9.34.